The van der Waals surface area contributed by atoms with E-state index in [1.807, 2.05) is 19.9 Å². The smallest absolute Gasteiger partial charge is 0.226 e. The van der Waals surface area contributed by atoms with Gasteiger partial charge in [-0.05, 0) is 38.0 Å². The Balaban J connectivity index is 2.27. The van der Waals surface area contributed by atoms with Crippen molar-refractivity contribution in [3.63, 3.8) is 0 Å². The first-order valence-corrected chi connectivity index (χ1v) is 6.90. The fourth-order valence-corrected chi connectivity index (χ4v) is 1.80. The lowest BCUT2D eigenvalue weighted by Crippen LogP contribution is -2.06. The van der Waals surface area contributed by atoms with Gasteiger partial charge in [0.2, 0.25) is 11.8 Å². The van der Waals surface area contributed by atoms with Crippen molar-refractivity contribution in [3.8, 4) is 17.7 Å². The van der Waals surface area contributed by atoms with Gasteiger partial charge in [-0.15, -0.1) is 0 Å². The average molecular weight is 282 g/mol. The molecule has 0 amide bonds. The highest BCUT2D eigenvalue weighted by Gasteiger charge is 2.07. The second-order valence-electron chi connectivity index (χ2n) is 4.79. The molecule has 0 aliphatic heterocycles. The summed E-state index contributed by atoms with van der Waals surface area (Å²) < 4.78 is 5.81. The summed E-state index contributed by atoms with van der Waals surface area (Å²) in [6, 6.07) is 9.22. The highest BCUT2D eigenvalue weighted by Crippen LogP contribution is 2.25. The van der Waals surface area contributed by atoms with Gasteiger partial charge in [-0.25, -0.2) is 4.98 Å². The Morgan fingerprint density at radius 2 is 2.05 bits per heavy atom. The lowest BCUT2D eigenvalue weighted by Gasteiger charge is -2.10. The summed E-state index contributed by atoms with van der Waals surface area (Å²) >= 11 is 0. The molecule has 0 spiro atoms. The van der Waals surface area contributed by atoms with E-state index in [9.17, 15) is 0 Å². The zero-order valence-electron chi connectivity index (χ0n) is 12.5. The van der Waals surface area contributed by atoms with Gasteiger partial charge in [-0.3, -0.25) is 0 Å². The topological polar surface area (TPSA) is 70.8 Å². The summed E-state index contributed by atoms with van der Waals surface area (Å²) in [4.78, 5) is 8.65. The van der Waals surface area contributed by atoms with E-state index in [2.05, 4.69) is 28.3 Å². The lowest BCUT2D eigenvalue weighted by atomic mass is 10.1. The summed E-state index contributed by atoms with van der Waals surface area (Å²) in [6.07, 6.45) is 0.997. The number of aryl methyl sites for hydroxylation is 2. The van der Waals surface area contributed by atoms with E-state index in [0.717, 1.165) is 24.2 Å². The van der Waals surface area contributed by atoms with Crippen LogP contribution in [0.3, 0.4) is 0 Å². The van der Waals surface area contributed by atoms with Crippen LogP contribution < -0.4 is 10.1 Å². The Morgan fingerprint density at radius 3 is 2.76 bits per heavy atom. The van der Waals surface area contributed by atoms with Gasteiger partial charge in [0.05, 0.1) is 11.6 Å². The number of nitrogens with zero attached hydrogens (tertiary/aromatic N) is 3. The molecule has 0 aliphatic rings. The maximum atomic E-state index is 8.96. The molecule has 1 N–H and O–H groups in total. The summed E-state index contributed by atoms with van der Waals surface area (Å²) in [5.41, 5.74) is 2.34. The van der Waals surface area contributed by atoms with E-state index < -0.39 is 0 Å². The second kappa shape index (κ2) is 6.71. The predicted octanol–water partition coefficient (Wildman–Crippen LogP) is 3.58. The minimum Gasteiger partial charge on any atom is -0.439 e. The number of benzene rings is 1. The summed E-state index contributed by atoms with van der Waals surface area (Å²) in [7, 11) is 0. The van der Waals surface area contributed by atoms with Crippen LogP contribution in [0.15, 0.2) is 24.3 Å². The molecule has 0 radical (unpaired) electrons. The van der Waals surface area contributed by atoms with E-state index in [1.54, 1.807) is 18.2 Å². The highest BCUT2D eigenvalue weighted by atomic mass is 16.5. The third-order valence-electron chi connectivity index (χ3n) is 2.90. The molecule has 0 atom stereocenters. The summed E-state index contributed by atoms with van der Waals surface area (Å²) in [5, 5.41) is 12.1. The molecule has 1 aromatic heterocycles. The maximum Gasteiger partial charge on any atom is 0.226 e. The minimum absolute atomic E-state index is 0.472. The first-order valence-electron chi connectivity index (χ1n) is 6.90. The standard InChI is InChI=1S/C16H18N4O/c1-4-7-18-16-19-12(3)8-15(20-16)21-14-9-13(10-17)6-5-11(14)2/h5-6,8-9H,4,7H2,1-3H3,(H,18,19,20). The summed E-state index contributed by atoms with van der Waals surface area (Å²) in [5.74, 6) is 1.66. The molecule has 1 aromatic carbocycles. The average Bonchev–Trinajstić information content (AvgIpc) is 2.47. The lowest BCUT2D eigenvalue weighted by molar-refractivity contribution is 0.458. The first-order chi connectivity index (χ1) is 10.1. The number of anilines is 1. The third-order valence-corrected chi connectivity index (χ3v) is 2.90. The Morgan fingerprint density at radius 1 is 1.24 bits per heavy atom. The molecule has 5 heteroatoms. The van der Waals surface area contributed by atoms with Crippen LogP contribution >= 0.6 is 0 Å². The van der Waals surface area contributed by atoms with E-state index in [4.69, 9.17) is 10.00 Å². The Bertz CT molecular complexity index is 676. The largest absolute Gasteiger partial charge is 0.439 e. The van der Waals surface area contributed by atoms with Gasteiger partial charge in [0.25, 0.3) is 0 Å². The van der Waals surface area contributed by atoms with Gasteiger partial charge in [-0.1, -0.05) is 13.0 Å². The second-order valence-corrected chi connectivity index (χ2v) is 4.79. The number of nitrogens with one attached hydrogen (secondary N) is 1. The Hall–Kier alpha value is -2.61. The predicted molar refractivity (Wildman–Crippen MR) is 81.5 cm³/mol. The van der Waals surface area contributed by atoms with Gasteiger partial charge in [0.15, 0.2) is 0 Å². The number of nitriles is 1. The highest BCUT2D eigenvalue weighted by molar-refractivity contribution is 5.44. The summed E-state index contributed by atoms with van der Waals surface area (Å²) in [6.45, 7) is 6.72. The maximum absolute atomic E-state index is 8.96. The zero-order chi connectivity index (χ0) is 15.2. The van der Waals surface area contributed by atoms with Gasteiger partial charge >= 0.3 is 0 Å². The molecule has 0 unspecified atom stereocenters. The molecular weight excluding hydrogens is 264 g/mol. The first kappa shape index (κ1) is 14.8. The van der Waals surface area contributed by atoms with Crippen LogP contribution in [0.5, 0.6) is 11.6 Å². The molecule has 0 bridgehead atoms. The number of ether oxygens (including phenoxy) is 1. The third kappa shape index (κ3) is 3.93. The van der Waals surface area contributed by atoms with Crippen molar-refractivity contribution in [1.29, 1.82) is 5.26 Å². The normalized spacial score (nSPS) is 10.0. The minimum atomic E-state index is 0.472. The van der Waals surface area contributed by atoms with Crippen LogP contribution in [0, 0.1) is 25.2 Å². The van der Waals surface area contributed by atoms with Crippen molar-refractivity contribution in [3.05, 3.63) is 41.1 Å². The molecule has 21 heavy (non-hydrogen) atoms. The van der Waals surface area contributed by atoms with Crippen LogP contribution in [-0.2, 0) is 0 Å². The van der Waals surface area contributed by atoms with Crippen molar-refractivity contribution in [2.24, 2.45) is 0 Å². The van der Waals surface area contributed by atoms with Crippen molar-refractivity contribution in [1.82, 2.24) is 9.97 Å². The van der Waals surface area contributed by atoms with Crippen molar-refractivity contribution in [2.45, 2.75) is 27.2 Å². The molecule has 1 heterocycles. The molecule has 0 aliphatic carbocycles. The van der Waals surface area contributed by atoms with Crippen LogP contribution in [0.4, 0.5) is 5.95 Å². The van der Waals surface area contributed by atoms with Crippen molar-refractivity contribution < 1.29 is 4.74 Å². The molecule has 5 nitrogen and oxygen atoms in total. The monoisotopic (exact) mass is 282 g/mol. The molecular formula is C16H18N4O. The van der Waals surface area contributed by atoms with E-state index in [-0.39, 0.29) is 0 Å². The fourth-order valence-electron chi connectivity index (χ4n) is 1.80. The number of rotatable bonds is 5. The Labute approximate surface area is 124 Å². The van der Waals surface area contributed by atoms with Crippen LogP contribution in [0.1, 0.15) is 30.2 Å². The SMILES string of the molecule is CCCNc1nc(C)cc(Oc2cc(C#N)ccc2C)n1. The van der Waals surface area contributed by atoms with Gasteiger partial charge in [0.1, 0.15) is 5.75 Å². The number of hydrogen-bond acceptors (Lipinski definition) is 5. The number of hydrogen-bond donors (Lipinski definition) is 1. The Kier molecular flexibility index (Phi) is 4.72. The van der Waals surface area contributed by atoms with E-state index >= 15 is 0 Å². The molecule has 0 saturated heterocycles. The van der Waals surface area contributed by atoms with Crippen LogP contribution in [0.2, 0.25) is 0 Å². The van der Waals surface area contributed by atoms with E-state index in [1.165, 1.54) is 0 Å². The van der Waals surface area contributed by atoms with Gasteiger partial charge in [0, 0.05) is 18.3 Å². The molecule has 0 saturated carbocycles. The van der Waals surface area contributed by atoms with E-state index in [0.29, 0.717) is 23.1 Å². The van der Waals surface area contributed by atoms with Crippen molar-refractivity contribution in [2.75, 3.05) is 11.9 Å². The molecule has 108 valence electrons. The molecule has 2 aromatic rings. The fraction of sp³-hybridized carbons (Fsp3) is 0.312. The molecule has 0 fully saturated rings. The van der Waals surface area contributed by atoms with Gasteiger partial charge in [-0.2, -0.15) is 10.2 Å². The van der Waals surface area contributed by atoms with Crippen molar-refractivity contribution >= 4 is 5.95 Å². The van der Waals surface area contributed by atoms with Gasteiger partial charge < -0.3 is 10.1 Å². The zero-order valence-corrected chi connectivity index (χ0v) is 12.5. The number of aromatic nitrogens is 2. The quantitative estimate of drug-likeness (QED) is 0.907. The van der Waals surface area contributed by atoms with Crippen LogP contribution in [-0.4, -0.2) is 16.5 Å². The molecule has 2 rings (SSSR count). The van der Waals surface area contributed by atoms with Crippen LogP contribution in [0.25, 0.3) is 0 Å².